The Balaban J connectivity index is 2.30. The number of nitrogens with zero attached hydrogens (tertiary/aromatic N) is 3. The maximum atomic E-state index is 11.6. The summed E-state index contributed by atoms with van der Waals surface area (Å²) in [6, 6.07) is -0.162. The van der Waals surface area contributed by atoms with Crippen LogP contribution in [0.5, 0.6) is 0 Å². The highest BCUT2D eigenvalue weighted by molar-refractivity contribution is 5.97. The van der Waals surface area contributed by atoms with Gasteiger partial charge in [0.05, 0.1) is 13.2 Å². The second kappa shape index (κ2) is 3.81. The second-order valence-corrected chi connectivity index (χ2v) is 4.27. The molecular formula is C10H17N3O2. The number of carbonyl (C=O) groups is 1. The van der Waals surface area contributed by atoms with Crippen LogP contribution in [0.2, 0.25) is 0 Å². The molecule has 5 nitrogen and oxygen atoms in total. The Morgan fingerprint density at radius 3 is 2.93 bits per heavy atom. The van der Waals surface area contributed by atoms with E-state index in [9.17, 15) is 4.79 Å². The van der Waals surface area contributed by atoms with Crippen molar-refractivity contribution in [2.24, 2.45) is 10.9 Å². The van der Waals surface area contributed by atoms with E-state index in [1.807, 2.05) is 0 Å². The highest BCUT2D eigenvalue weighted by Gasteiger charge is 2.36. The van der Waals surface area contributed by atoms with E-state index < -0.39 is 0 Å². The Bertz CT molecular complexity index is 301. The van der Waals surface area contributed by atoms with Crippen molar-refractivity contribution in [1.82, 2.24) is 9.80 Å². The van der Waals surface area contributed by atoms with Crippen molar-refractivity contribution in [2.75, 3.05) is 26.8 Å². The number of aliphatic imine (C=N–C) groups is 1. The van der Waals surface area contributed by atoms with Gasteiger partial charge in [-0.15, -0.1) is 0 Å². The molecule has 0 aromatic rings. The van der Waals surface area contributed by atoms with Crippen molar-refractivity contribution in [3.63, 3.8) is 0 Å². The van der Waals surface area contributed by atoms with E-state index >= 15 is 0 Å². The number of rotatable bonds is 1. The van der Waals surface area contributed by atoms with Gasteiger partial charge in [0.25, 0.3) is 0 Å². The molecular weight excluding hydrogens is 194 g/mol. The van der Waals surface area contributed by atoms with Gasteiger partial charge < -0.3 is 14.5 Å². The van der Waals surface area contributed by atoms with Gasteiger partial charge >= 0.3 is 6.03 Å². The Hall–Kier alpha value is -1.10. The van der Waals surface area contributed by atoms with E-state index in [1.165, 1.54) is 0 Å². The lowest BCUT2D eigenvalue weighted by atomic mass is 10.1. The van der Waals surface area contributed by atoms with Crippen molar-refractivity contribution in [3.05, 3.63) is 0 Å². The molecule has 15 heavy (non-hydrogen) atoms. The third-order valence-electron chi connectivity index (χ3n) is 2.87. The van der Waals surface area contributed by atoms with Crippen LogP contribution in [0.4, 0.5) is 4.79 Å². The number of hydrogen-bond acceptors (Lipinski definition) is 3. The molecule has 1 fully saturated rings. The maximum Gasteiger partial charge on any atom is 0.346 e. The molecule has 0 bridgehead atoms. The van der Waals surface area contributed by atoms with E-state index in [0.717, 1.165) is 12.4 Å². The molecule has 1 unspecified atom stereocenters. The zero-order chi connectivity index (χ0) is 11.0. The molecule has 0 spiro atoms. The summed E-state index contributed by atoms with van der Waals surface area (Å²) in [7, 11) is 1.77. The molecule has 0 aliphatic carbocycles. The molecule has 0 aromatic carbocycles. The number of morpholine rings is 1. The van der Waals surface area contributed by atoms with Crippen LogP contribution in [0.15, 0.2) is 4.99 Å². The number of amidine groups is 1. The third-order valence-corrected chi connectivity index (χ3v) is 2.87. The summed E-state index contributed by atoms with van der Waals surface area (Å²) in [5.41, 5.74) is 0. The second-order valence-electron chi connectivity index (χ2n) is 4.27. The number of urea groups is 1. The molecule has 2 heterocycles. The van der Waals surface area contributed by atoms with Gasteiger partial charge in [0.15, 0.2) is 0 Å². The van der Waals surface area contributed by atoms with Crippen LogP contribution in [0.3, 0.4) is 0 Å². The van der Waals surface area contributed by atoms with E-state index in [2.05, 4.69) is 23.7 Å². The summed E-state index contributed by atoms with van der Waals surface area (Å²) in [4.78, 5) is 19.6. The largest absolute Gasteiger partial charge is 0.376 e. The highest BCUT2D eigenvalue weighted by Crippen LogP contribution is 2.20. The van der Waals surface area contributed by atoms with Crippen molar-refractivity contribution in [2.45, 2.75) is 20.0 Å². The Labute approximate surface area is 89.7 Å². The quantitative estimate of drug-likeness (QED) is 0.643. The molecule has 1 saturated heterocycles. The van der Waals surface area contributed by atoms with Crippen LogP contribution >= 0.6 is 0 Å². The Kier molecular flexibility index (Phi) is 2.65. The lowest BCUT2D eigenvalue weighted by Crippen LogP contribution is -2.61. The van der Waals surface area contributed by atoms with Crippen LogP contribution in [-0.4, -0.2) is 54.6 Å². The van der Waals surface area contributed by atoms with Crippen molar-refractivity contribution < 1.29 is 9.53 Å². The molecule has 84 valence electrons. The minimum Gasteiger partial charge on any atom is -0.376 e. The lowest BCUT2D eigenvalue weighted by Gasteiger charge is -2.45. The highest BCUT2D eigenvalue weighted by atomic mass is 16.5. The maximum absolute atomic E-state index is 11.6. The van der Waals surface area contributed by atoms with Gasteiger partial charge in [0.1, 0.15) is 12.0 Å². The van der Waals surface area contributed by atoms with Crippen LogP contribution in [0.1, 0.15) is 13.8 Å². The van der Waals surface area contributed by atoms with Crippen LogP contribution in [0, 0.1) is 5.92 Å². The van der Waals surface area contributed by atoms with Gasteiger partial charge in [-0.3, -0.25) is 0 Å². The van der Waals surface area contributed by atoms with Gasteiger partial charge in [-0.2, -0.15) is 4.99 Å². The minimum absolute atomic E-state index is 0.0288. The molecule has 0 aromatic heterocycles. The first kappa shape index (κ1) is 10.4. The van der Waals surface area contributed by atoms with Gasteiger partial charge in [0.2, 0.25) is 0 Å². The minimum atomic E-state index is -0.162. The van der Waals surface area contributed by atoms with Crippen LogP contribution in [-0.2, 0) is 4.74 Å². The number of likely N-dealkylation sites (N-methyl/N-ethyl adjacent to an activating group) is 1. The van der Waals surface area contributed by atoms with Gasteiger partial charge in [-0.25, -0.2) is 4.79 Å². The Morgan fingerprint density at radius 2 is 2.27 bits per heavy atom. The number of carbonyl (C=O) groups excluding carboxylic acids is 1. The molecule has 5 heteroatoms. The zero-order valence-electron chi connectivity index (χ0n) is 9.43. The fraction of sp³-hybridized carbons (Fsp3) is 0.800. The summed E-state index contributed by atoms with van der Waals surface area (Å²) in [6.45, 7) is 6.23. The SMILES string of the molecule is CC(C)C1=NC(=O)N(C)C2COCCN12. The predicted octanol–water partition coefficient (Wildman–Crippen LogP) is 0.765. The van der Waals surface area contributed by atoms with E-state index in [1.54, 1.807) is 11.9 Å². The molecule has 0 N–H and O–H groups in total. The fourth-order valence-electron chi connectivity index (χ4n) is 2.01. The number of amides is 2. The fourth-order valence-corrected chi connectivity index (χ4v) is 2.01. The average molecular weight is 211 g/mol. The van der Waals surface area contributed by atoms with Crippen LogP contribution < -0.4 is 0 Å². The summed E-state index contributed by atoms with van der Waals surface area (Å²) < 4.78 is 5.40. The van der Waals surface area contributed by atoms with Crippen molar-refractivity contribution >= 4 is 11.9 Å². The number of fused-ring (bicyclic) bond motifs is 1. The predicted molar refractivity (Wildman–Crippen MR) is 56.7 cm³/mol. The molecule has 2 amide bonds. The smallest absolute Gasteiger partial charge is 0.346 e. The molecule has 0 saturated carbocycles. The van der Waals surface area contributed by atoms with Crippen molar-refractivity contribution in [1.29, 1.82) is 0 Å². The normalized spacial score (nSPS) is 26.8. The lowest BCUT2D eigenvalue weighted by molar-refractivity contribution is -0.0269. The van der Waals surface area contributed by atoms with E-state index in [0.29, 0.717) is 13.2 Å². The zero-order valence-corrected chi connectivity index (χ0v) is 9.43. The molecule has 1 atom stereocenters. The third kappa shape index (κ3) is 1.71. The molecule has 0 radical (unpaired) electrons. The summed E-state index contributed by atoms with van der Waals surface area (Å²) in [6.07, 6.45) is 0.0288. The van der Waals surface area contributed by atoms with Gasteiger partial charge in [-0.1, -0.05) is 13.8 Å². The van der Waals surface area contributed by atoms with E-state index in [-0.39, 0.29) is 18.1 Å². The molecule has 2 aliphatic heterocycles. The standard InChI is InChI=1S/C10H17N3O2/c1-7(2)9-11-10(14)12(3)8-6-15-5-4-13(8)9/h7-8H,4-6H2,1-3H3. The average Bonchev–Trinajstić information content (AvgIpc) is 2.23. The molecule has 2 rings (SSSR count). The monoisotopic (exact) mass is 211 g/mol. The van der Waals surface area contributed by atoms with Crippen LogP contribution in [0.25, 0.3) is 0 Å². The summed E-state index contributed by atoms with van der Waals surface area (Å²) >= 11 is 0. The summed E-state index contributed by atoms with van der Waals surface area (Å²) in [5.74, 6) is 1.18. The summed E-state index contributed by atoms with van der Waals surface area (Å²) in [5, 5.41) is 0. The van der Waals surface area contributed by atoms with E-state index in [4.69, 9.17) is 4.74 Å². The molecule has 2 aliphatic rings. The number of hydrogen-bond donors (Lipinski definition) is 0. The first-order chi connectivity index (χ1) is 7.11. The van der Waals surface area contributed by atoms with Gasteiger partial charge in [-0.05, 0) is 0 Å². The first-order valence-corrected chi connectivity index (χ1v) is 5.31. The topological polar surface area (TPSA) is 45.1 Å². The van der Waals surface area contributed by atoms with Gasteiger partial charge in [0, 0.05) is 19.5 Å². The first-order valence-electron chi connectivity index (χ1n) is 5.31. The number of ether oxygens (including phenoxy) is 1. The Morgan fingerprint density at radius 1 is 1.53 bits per heavy atom. The van der Waals surface area contributed by atoms with Crippen molar-refractivity contribution in [3.8, 4) is 0 Å².